The number of carbonyl (C=O) groups excluding carboxylic acids is 1. The topological polar surface area (TPSA) is 95.9 Å². The minimum Gasteiger partial charge on any atom is -0.550 e. The first kappa shape index (κ1) is 26.7. The molecule has 0 saturated carbocycles. The van der Waals surface area contributed by atoms with Crippen LogP contribution in [0.1, 0.15) is 32.1 Å². The predicted octanol–water partition coefficient (Wildman–Crippen LogP) is -3.32. The van der Waals surface area contributed by atoms with Crippen molar-refractivity contribution < 1.29 is 71.5 Å². The van der Waals surface area contributed by atoms with Gasteiger partial charge in [-0.15, -0.1) is 13.2 Å². The fourth-order valence-corrected chi connectivity index (χ4v) is 2.16. The first-order chi connectivity index (χ1) is 11.0. The molecule has 24 heavy (non-hydrogen) atoms. The molecule has 0 heterocycles. The van der Waals surface area contributed by atoms with E-state index in [0.29, 0.717) is 45.6 Å². The Balaban J connectivity index is 0. The predicted molar refractivity (Wildman–Crippen MR) is 89.8 cm³/mol. The number of aliphatic hydroxyl groups is 2. The van der Waals surface area contributed by atoms with E-state index < -0.39 is 18.2 Å². The van der Waals surface area contributed by atoms with Gasteiger partial charge in [0.05, 0.1) is 12.2 Å². The van der Waals surface area contributed by atoms with E-state index in [4.69, 9.17) is 0 Å². The third-order valence-corrected chi connectivity index (χ3v) is 3.49. The van der Waals surface area contributed by atoms with Crippen LogP contribution in [-0.4, -0.2) is 66.0 Å². The largest absolute Gasteiger partial charge is 1.00 e. The Morgan fingerprint density at radius 3 is 2.25 bits per heavy atom. The minimum atomic E-state index is -1.09. The van der Waals surface area contributed by atoms with Crippen LogP contribution < -0.4 is 61.8 Å². The zero-order valence-corrected chi connectivity index (χ0v) is 18.1. The van der Waals surface area contributed by atoms with Gasteiger partial charge in [0.25, 0.3) is 0 Å². The summed E-state index contributed by atoms with van der Waals surface area (Å²) in [4.78, 5) is 12.5. The molecule has 0 rings (SSSR count). The smallest absolute Gasteiger partial charge is 0.550 e. The van der Waals surface area contributed by atoms with E-state index >= 15 is 0 Å². The second-order valence-electron chi connectivity index (χ2n) is 5.67. The summed E-state index contributed by atoms with van der Waals surface area (Å²) in [6, 6.07) is 0. The van der Waals surface area contributed by atoms with Crippen molar-refractivity contribution in [1.29, 1.82) is 0 Å². The van der Waals surface area contributed by atoms with Gasteiger partial charge in [0, 0.05) is 38.7 Å². The second kappa shape index (κ2) is 18.2. The molecule has 0 radical (unpaired) electrons. The van der Waals surface area contributed by atoms with Crippen LogP contribution in [0.5, 0.6) is 0 Å². The SMILES string of the molecule is C=CCCC(O)CNCCN(CCC(=O)[O-])CC(O)CCC=C.[K+]. The van der Waals surface area contributed by atoms with Crippen molar-refractivity contribution >= 4 is 5.97 Å². The van der Waals surface area contributed by atoms with Gasteiger partial charge in [-0.05, 0) is 32.1 Å². The quantitative estimate of drug-likeness (QED) is 0.150. The first-order valence-electron chi connectivity index (χ1n) is 8.20. The Hall–Kier alpha value is 0.426. The molecule has 0 fully saturated rings. The minimum absolute atomic E-state index is 0. The molecule has 0 saturated heterocycles. The average Bonchev–Trinajstić information content (AvgIpc) is 2.52. The van der Waals surface area contributed by atoms with Crippen LogP contribution in [0, 0.1) is 0 Å². The van der Waals surface area contributed by atoms with E-state index in [1.54, 1.807) is 12.2 Å². The molecule has 2 unspecified atom stereocenters. The van der Waals surface area contributed by atoms with Gasteiger partial charge >= 0.3 is 51.4 Å². The van der Waals surface area contributed by atoms with Gasteiger partial charge in [0.15, 0.2) is 0 Å². The Morgan fingerprint density at radius 2 is 1.71 bits per heavy atom. The third kappa shape index (κ3) is 17.3. The van der Waals surface area contributed by atoms with Crippen molar-refractivity contribution in [2.24, 2.45) is 0 Å². The number of carbonyl (C=O) groups is 1. The maximum Gasteiger partial charge on any atom is 1.00 e. The van der Waals surface area contributed by atoms with Crippen molar-refractivity contribution in [2.45, 2.75) is 44.3 Å². The zero-order valence-electron chi connectivity index (χ0n) is 15.0. The third-order valence-electron chi connectivity index (χ3n) is 3.49. The summed E-state index contributed by atoms with van der Waals surface area (Å²) in [6.45, 7) is 9.70. The molecule has 0 aliphatic rings. The van der Waals surface area contributed by atoms with E-state index in [9.17, 15) is 20.1 Å². The Bertz CT molecular complexity index is 343. The van der Waals surface area contributed by atoms with Gasteiger partial charge in [0.2, 0.25) is 0 Å². The monoisotopic (exact) mass is 366 g/mol. The molecule has 0 aromatic heterocycles. The van der Waals surface area contributed by atoms with Crippen LogP contribution in [0.2, 0.25) is 0 Å². The standard InChI is InChI=1S/C17H32N2O4.K/c1-3-5-7-15(20)13-18-10-12-19(11-9-17(22)23)14-16(21)8-6-4-2;/h3-4,15-16,18,20-21H,1-2,5-14H2,(H,22,23);/q;+1/p-1. The molecule has 6 nitrogen and oxygen atoms in total. The summed E-state index contributed by atoms with van der Waals surface area (Å²) in [5.41, 5.74) is 0. The van der Waals surface area contributed by atoms with Crippen molar-refractivity contribution in [3.63, 3.8) is 0 Å². The van der Waals surface area contributed by atoms with Gasteiger partial charge in [0.1, 0.15) is 0 Å². The van der Waals surface area contributed by atoms with Crippen LogP contribution in [0.3, 0.4) is 0 Å². The van der Waals surface area contributed by atoms with Crippen LogP contribution >= 0.6 is 0 Å². The summed E-state index contributed by atoms with van der Waals surface area (Å²) in [5, 5.41) is 33.4. The number of carboxylic acids is 1. The maximum absolute atomic E-state index is 10.6. The summed E-state index contributed by atoms with van der Waals surface area (Å²) in [6.07, 6.45) is 5.33. The molecule has 0 aliphatic carbocycles. The average molecular weight is 367 g/mol. The number of carboxylic acid groups (broad SMARTS) is 1. The van der Waals surface area contributed by atoms with Gasteiger partial charge < -0.3 is 25.4 Å². The molecular weight excluding hydrogens is 335 g/mol. The van der Waals surface area contributed by atoms with E-state index in [1.165, 1.54) is 0 Å². The molecule has 7 heteroatoms. The van der Waals surface area contributed by atoms with Gasteiger partial charge in [-0.3, -0.25) is 4.90 Å². The summed E-state index contributed by atoms with van der Waals surface area (Å²) in [7, 11) is 0. The molecule has 0 spiro atoms. The number of hydrogen-bond donors (Lipinski definition) is 3. The summed E-state index contributed by atoms with van der Waals surface area (Å²) in [5.74, 6) is -1.09. The van der Waals surface area contributed by atoms with Gasteiger partial charge in [-0.1, -0.05) is 12.2 Å². The van der Waals surface area contributed by atoms with Crippen LogP contribution in [0.25, 0.3) is 0 Å². The summed E-state index contributed by atoms with van der Waals surface area (Å²) >= 11 is 0. The van der Waals surface area contributed by atoms with E-state index in [1.807, 2.05) is 4.90 Å². The normalized spacial score (nSPS) is 13.1. The number of allylic oxidation sites excluding steroid dienone is 2. The molecule has 0 aliphatic heterocycles. The van der Waals surface area contributed by atoms with Crippen molar-refractivity contribution in [3.05, 3.63) is 25.3 Å². The molecule has 0 aromatic carbocycles. The van der Waals surface area contributed by atoms with E-state index in [0.717, 1.165) is 12.8 Å². The Morgan fingerprint density at radius 1 is 1.12 bits per heavy atom. The Kier molecular flexibility index (Phi) is 20.2. The first-order valence-corrected chi connectivity index (χ1v) is 8.20. The van der Waals surface area contributed by atoms with Crippen LogP contribution in [0.15, 0.2) is 25.3 Å². The fourth-order valence-electron chi connectivity index (χ4n) is 2.16. The second-order valence-corrected chi connectivity index (χ2v) is 5.67. The maximum atomic E-state index is 10.6. The summed E-state index contributed by atoms with van der Waals surface area (Å²) < 4.78 is 0. The number of aliphatic carboxylic acids is 1. The van der Waals surface area contributed by atoms with Crippen LogP contribution in [0.4, 0.5) is 0 Å². The molecule has 0 aromatic rings. The number of nitrogens with zero attached hydrogens (tertiary/aromatic N) is 1. The zero-order chi connectivity index (χ0) is 17.5. The molecule has 2 atom stereocenters. The molecule has 0 amide bonds. The fraction of sp³-hybridized carbons (Fsp3) is 0.706. The number of hydrogen-bond acceptors (Lipinski definition) is 6. The number of nitrogens with one attached hydrogen (secondary N) is 1. The number of rotatable bonds is 16. The number of aliphatic hydroxyl groups excluding tert-OH is 2. The Labute approximate surface area is 188 Å². The van der Waals surface area contributed by atoms with Crippen molar-refractivity contribution in [3.8, 4) is 0 Å². The molecular formula is C17H31KN2O4. The van der Waals surface area contributed by atoms with Gasteiger partial charge in [-0.25, -0.2) is 0 Å². The van der Waals surface area contributed by atoms with E-state index in [-0.39, 0.29) is 57.8 Å². The van der Waals surface area contributed by atoms with Crippen LogP contribution in [-0.2, 0) is 4.79 Å². The van der Waals surface area contributed by atoms with E-state index in [2.05, 4.69) is 18.5 Å². The van der Waals surface area contributed by atoms with Crippen molar-refractivity contribution in [2.75, 3.05) is 32.7 Å². The molecule has 134 valence electrons. The van der Waals surface area contributed by atoms with Crippen molar-refractivity contribution in [1.82, 2.24) is 10.2 Å². The molecule has 0 bridgehead atoms. The van der Waals surface area contributed by atoms with Gasteiger partial charge in [-0.2, -0.15) is 0 Å². The molecule has 3 N–H and O–H groups in total.